The predicted octanol–water partition coefficient (Wildman–Crippen LogP) is 2.13. The highest BCUT2D eigenvalue weighted by Crippen LogP contribution is 2.11. The quantitative estimate of drug-likeness (QED) is 0.804. The Kier molecular flexibility index (Phi) is 5.40. The van der Waals surface area contributed by atoms with E-state index in [-0.39, 0.29) is 11.4 Å². The fourth-order valence-corrected chi connectivity index (χ4v) is 2.70. The Morgan fingerprint density at radius 2 is 1.90 bits per heavy atom. The Balaban J connectivity index is 1.92. The van der Waals surface area contributed by atoms with Crippen LogP contribution in [0.25, 0.3) is 0 Å². The molecular weight excluding hydrogens is 367 g/mol. The molecule has 0 atom stereocenters. The van der Waals surface area contributed by atoms with Crippen molar-refractivity contribution < 1.29 is 9.53 Å². The van der Waals surface area contributed by atoms with Crippen LogP contribution >= 0.6 is 22.6 Å². The van der Waals surface area contributed by atoms with E-state index in [1.165, 1.54) is 0 Å². The van der Waals surface area contributed by atoms with E-state index in [2.05, 4.69) is 46.7 Å². The number of carbonyl (C=O) groups is 1. The molecule has 0 unspecified atom stereocenters. The molecule has 5 heteroatoms. The summed E-state index contributed by atoms with van der Waals surface area (Å²) in [7, 11) is 0. The predicted molar refractivity (Wildman–Crippen MR) is 88.0 cm³/mol. The molecule has 1 saturated heterocycles. The van der Waals surface area contributed by atoms with Crippen LogP contribution in [0, 0.1) is 3.57 Å². The minimum atomic E-state index is -0.253. The summed E-state index contributed by atoms with van der Waals surface area (Å²) in [6, 6.07) is 7.62. The van der Waals surface area contributed by atoms with Gasteiger partial charge in [0.2, 0.25) is 0 Å². The van der Waals surface area contributed by atoms with Gasteiger partial charge in [0.15, 0.2) is 0 Å². The van der Waals surface area contributed by atoms with Gasteiger partial charge < -0.3 is 10.1 Å². The van der Waals surface area contributed by atoms with Crippen LogP contribution in [-0.2, 0) is 4.74 Å². The van der Waals surface area contributed by atoms with Gasteiger partial charge in [-0.1, -0.05) is 0 Å². The largest absolute Gasteiger partial charge is 0.379 e. The Hall–Kier alpha value is -0.660. The van der Waals surface area contributed by atoms with Crippen LogP contribution < -0.4 is 5.32 Å². The van der Waals surface area contributed by atoms with Crippen LogP contribution in [0.1, 0.15) is 24.2 Å². The number of morpholine rings is 1. The van der Waals surface area contributed by atoms with Gasteiger partial charge in [-0.3, -0.25) is 9.69 Å². The molecule has 1 N–H and O–H groups in total. The van der Waals surface area contributed by atoms with Gasteiger partial charge in [0, 0.05) is 34.3 Å². The van der Waals surface area contributed by atoms with E-state index in [0.29, 0.717) is 5.56 Å². The van der Waals surface area contributed by atoms with Crippen molar-refractivity contribution in [2.45, 2.75) is 19.4 Å². The Morgan fingerprint density at radius 3 is 2.50 bits per heavy atom. The first-order valence-electron chi connectivity index (χ1n) is 6.84. The summed E-state index contributed by atoms with van der Waals surface area (Å²) in [5.74, 6) is -0.0142. The Labute approximate surface area is 134 Å². The third kappa shape index (κ3) is 4.71. The third-order valence-corrected chi connectivity index (χ3v) is 4.00. The lowest BCUT2D eigenvalue weighted by atomic mass is 10.0. The molecule has 1 aromatic carbocycles. The highest BCUT2D eigenvalue weighted by atomic mass is 127. The van der Waals surface area contributed by atoms with Crippen molar-refractivity contribution in [1.82, 2.24) is 10.2 Å². The first kappa shape index (κ1) is 15.7. The maximum atomic E-state index is 12.3. The number of hydrogen-bond acceptors (Lipinski definition) is 3. The molecule has 0 spiro atoms. The lowest BCUT2D eigenvalue weighted by molar-refractivity contribution is 0.0269. The van der Waals surface area contributed by atoms with Crippen LogP contribution in [0.2, 0.25) is 0 Å². The van der Waals surface area contributed by atoms with Crippen molar-refractivity contribution in [3.8, 4) is 0 Å². The maximum Gasteiger partial charge on any atom is 0.251 e. The molecule has 0 radical (unpaired) electrons. The number of amides is 1. The lowest BCUT2D eigenvalue weighted by Gasteiger charge is -2.35. The van der Waals surface area contributed by atoms with Gasteiger partial charge >= 0.3 is 0 Å². The minimum Gasteiger partial charge on any atom is -0.379 e. The van der Waals surface area contributed by atoms with Crippen LogP contribution in [0.15, 0.2) is 24.3 Å². The van der Waals surface area contributed by atoms with Crippen molar-refractivity contribution in [3.63, 3.8) is 0 Å². The zero-order valence-corrected chi connectivity index (χ0v) is 14.1. The molecule has 0 aliphatic carbocycles. The summed E-state index contributed by atoms with van der Waals surface area (Å²) in [5, 5.41) is 3.12. The number of carbonyl (C=O) groups excluding carboxylic acids is 1. The molecule has 0 aromatic heterocycles. The number of halogens is 1. The number of benzene rings is 1. The highest BCUT2D eigenvalue weighted by Gasteiger charge is 2.25. The van der Waals surface area contributed by atoms with E-state index in [9.17, 15) is 4.79 Å². The van der Waals surface area contributed by atoms with Gasteiger partial charge in [-0.15, -0.1) is 0 Å². The fraction of sp³-hybridized carbons (Fsp3) is 0.533. The van der Waals surface area contributed by atoms with Crippen molar-refractivity contribution in [2.75, 3.05) is 32.8 Å². The average molecular weight is 388 g/mol. The van der Waals surface area contributed by atoms with E-state index in [0.717, 1.165) is 36.4 Å². The second-order valence-corrected chi connectivity index (χ2v) is 6.98. The van der Waals surface area contributed by atoms with Gasteiger partial charge in [0.1, 0.15) is 0 Å². The number of rotatable bonds is 4. The van der Waals surface area contributed by atoms with E-state index >= 15 is 0 Å². The molecule has 4 nitrogen and oxygen atoms in total. The molecule has 1 fully saturated rings. The summed E-state index contributed by atoms with van der Waals surface area (Å²) in [5.41, 5.74) is 0.456. The normalized spacial score (nSPS) is 16.9. The Bertz CT molecular complexity index is 453. The number of nitrogens with zero attached hydrogens (tertiary/aromatic N) is 1. The standard InChI is InChI=1S/C15H21IN2O2/c1-15(2,11-18-7-9-20-10-8-18)17-14(19)12-3-5-13(16)6-4-12/h3-6H,7-11H2,1-2H3,(H,17,19). The topological polar surface area (TPSA) is 41.6 Å². The second-order valence-electron chi connectivity index (χ2n) is 5.73. The first-order chi connectivity index (χ1) is 9.46. The molecule has 0 bridgehead atoms. The lowest BCUT2D eigenvalue weighted by Crippen LogP contribution is -2.53. The maximum absolute atomic E-state index is 12.3. The number of hydrogen-bond donors (Lipinski definition) is 1. The molecule has 1 heterocycles. The van der Waals surface area contributed by atoms with Crippen LogP contribution in [0.3, 0.4) is 0 Å². The zero-order valence-electron chi connectivity index (χ0n) is 12.0. The molecule has 1 aliphatic rings. The van der Waals surface area contributed by atoms with Crippen molar-refractivity contribution >= 4 is 28.5 Å². The van der Waals surface area contributed by atoms with E-state index in [1.54, 1.807) is 0 Å². The number of nitrogens with one attached hydrogen (secondary N) is 1. The molecular formula is C15H21IN2O2. The minimum absolute atomic E-state index is 0.0142. The van der Waals surface area contributed by atoms with Crippen molar-refractivity contribution in [1.29, 1.82) is 0 Å². The van der Waals surface area contributed by atoms with Gasteiger partial charge in [-0.2, -0.15) is 0 Å². The average Bonchev–Trinajstić information content (AvgIpc) is 2.39. The van der Waals surface area contributed by atoms with E-state index in [4.69, 9.17) is 4.74 Å². The monoisotopic (exact) mass is 388 g/mol. The highest BCUT2D eigenvalue weighted by molar-refractivity contribution is 14.1. The zero-order chi connectivity index (χ0) is 14.6. The molecule has 1 aromatic rings. The van der Waals surface area contributed by atoms with Crippen LogP contribution in [-0.4, -0.2) is 49.2 Å². The van der Waals surface area contributed by atoms with Gasteiger partial charge in [0.05, 0.1) is 13.2 Å². The summed E-state index contributed by atoms with van der Waals surface area (Å²) in [6.45, 7) is 8.39. The molecule has 1 amide bonds. The SMILES string of the molecule is CC(C)(CN1CCOCC1)NC(=O)c1ccc(I)cc1. The summed E-state index contributed by atoms with van der Waals surface area (Å²) in [6.07, 6.45) is 0. The molecule has 1 aliphatic heterocycles. The number of ether oxygens (including phenoxy) is 1. The van der Waals surface area contributed by atoms with Gasteiger partial charge in [0.25, 0.3) is 5.91 Å². The Morgan fingerprint density at radius 1 is 1.30 bits per heavy atom. The van der Waals surface area contributed by atoms with Crippen LogP contribution in [0.4, 0.5) is 0 Å². The van der Waals surface area contributed by atoms with Crippen molar-refractivity contribution in [3.05, 3.63) is 33.4 Å². The summed E-state index contributed by atoms with van der Waals surface area (Å²) >= 11 is 2.23. The smallest absolute Gasteiger partial charge is 0.251 e. The second kappa shape index (κ2) is 6.87. The summed E-state index contributed by atoms with van der Waals surface area (Å²) < 4.78 is 6.48. The molecule has 20 heavy (non-hydrogen) atoms. The van der Waals surface area contributed by atoms with E-state index < -0.39 is 0 Å². The van der Waals surface area contributed by atoms with Gasteiger partial charge in [-0.05, 0) is 60.7 Å². The van der Waals surface area contributed by atoms with Crippen molar-refractivity contribution in [2.24, 2.45) is 0 Å². The van der Waals surface area contributed by atoms with Gasteiger partial charge in [-0.25, -0.2) is 0 Å². The first-order valence-corrected chi connectivity index (χ1v) is 7.92. The molecule has 0 saturated carbocycles. The molecule has 110 valence electrons. The molecule has 2 rings (SSSR count). The van der Waals surface area contributed by atoms with Crippen LogP contribution in [0.5, 0.6) is 0 Å². The fourth-order valence-electron chi connectivity index (χ4n) is 2.34. The third-order valence-electron chi connectivity index (χ3n) is 3.28. The van der Waals surface area contributed by atoms with E-state index in [1.807, 2.05) is 24.3 Å². The summed E-state index contributed by atoms with van der Waals surface area (Å²) in [4.78, 5) is 14.6.